The molecule has 0 aromatic heterocycles. The molecule has 3 atom stereocenters. The van der Waals surface area contributed by atoms with E-state index in [1.807, 2.05) is 0 Å². The maximum absolute atomic E-state index is 10.8. The van der Waals surface area contributed by atoms with E-state index in [1.54, 1.807) is 0 Å². The Bertz CT molecular complexity index is 318. The molecule has 0 heterocycles. The molecule has 0 aliphatic rings. The summed E-state index contributed by atoms with van der Waals surface area (Å²) in [5.41, 5.74) is 4.33. The predicted octanol–water partition coefficient (Wildman–Crippen LogP) is -1.77. The topological polar surface area (TPSA) is 156 Å². The number of carboxylic acid groups (broad SMARTS) is 3. The first-order valence-electron chi connectivity index (χ1n) is 5.12. The fourth-order valence-electron chi connectivity index (χ4n) is 1.10. The molecule has 6 N–H and O–H groups in total. The lowest BCUT2D eigenvalue weighted by Gasteiger charge is -2.21. The lowest BCUT2D eigenvalue weighted by atomic mass is 10.1. The molecular weight excluding hydrogens is 248 g/mol. The summed E-state index contributed by atoms with van der Waals surface area (Å²) >= 11 is 0. The van der Waals surface area contributed by atoms with Gasteiger partial charge in [0, 0.05) is 6.42 Å². The van der Waals surface area contributed by atoms with Crippen LogP contribution in [0.3, 0.4) is 0 Å². The van der Waals surface area contributed by atoms with Crippen LogP contribution in [-0.4, -0.2) is 56.5 Å². The number of aliphatic hydroxyl groups is 1. The normalized spacial score (nSPS) is 15.7. The zero-order valence-corrected chi connectivity index (χ0v) is 9.66. The van der Waals surface area contributed by atoms with E-state index in [9.17, 15) is 14.4 Å². The molecule has 0 aliphatic heterocycles. The fourth-order valence-corrected chi connectivity index (χ4v) is 1.10. The molecule has 0 bridgehead atoms. The van der Waals surface area contributed by atoms with Crippen molar-refractivity contribution in [3.63, 3.8) is 0 Å². The Morgan fingerprint density at radius 1 is 1.06 bits per heavy atom. The Hall–Kier alpha value is -1.71. The Kier molecular flexibility index (Phi) is 6.86. The monoisotopic (exact) mass is 264 g/mol. The average Bonchev–Trinajstić information content (AvgIpc) is 2.20. The summed E-state index contributed by atoms with van der Waals surface area (Å²) in [6.07, 6.45) is -1.84. The van der Waals surface area contributed by atoms with Crippen LogP contribution in [0.1, 0.15) is 19.8 Å². The molecule has 0 amide bonds. The van der Waals surface area contributed by atoms with Crippen molar-refractivity contribution in [1.82, 2.24) is 10.9 Å². The number of carbonyl (C=O) groups is 3. The quantitative estimate of drug-likeness (QED) is 0.265. The standard InChI is InChI=1S/C9H16N2O7/c1-4(12)7(9(17)18)11-10-5(8(15)16)2-3-6(13)14/h4-5,7,10-12H,2-3H2,1H3,(H,13,14)(H,15,16)(H,17,18)/t4-,5+,7+/m1/s1. The third-order valence-corrected chi connectivity index (χ3v) is 2.11. The first-order valence-corrected chi connectivity index (χ1v) is 5.12. The second-order valence-corrected chi connectivity index (χ2v) is 3.67. The van der Waals surface area contributed by atoms with Gasteiger partial charge in [-0.25, -0.2) is 10.9 Å². The SMILES string of the molecule is C[C@@H](O)[C@H](NN[C@@H](CCC(=O)O)C(=O)O)C(=O)O. The van der Waals surface area contributed by atoms with E-state index in [0.717, 1.165) is 0 Å². The zero-order valence-electron chi connectivity index (χ0n) is 9.66. The van der Waals surface area contributed by atoms with Gasteiger partial charge in [0.25, 0.3) is 0 Å². The number of hydrogen-bond acceptors (Lipinski definition) is 6. The third-order valence-electron chi connectivity index (χ3n) is 2.11. The summed E-state index contributed by atoms with van der Waals surface area (Å²) in [6.45, 7) is 1.22. The van der Waals surface area contributed by atoms with Gasteiger partial charge in [-0.3, -0.25) is 14.4 Å². The van der Waals surface area contributed by atoms with Gasteiger partial charge < -0.3 is 20.4 Å². The fraction of sp³-hybridized carbons (Fsp3) is 0.667. The molecule has 18 heavy (non-hydrogen) atoms. The third kappa shape index (κ3) is 6.13. The van der Waals surface area contributed by atoms with Crippen LogP contribution >= 0.6 is 0 Å². The summed E-state index contributed by atoms with van der Waals surface area (Å²) in [7, 11) is 0. The van der Waals surface area contributed by atoms with Gasteiger partial charge >= 0.3 is 17.9 Å². The summed E-state index contributed by atoms with van der Waals surface area (Å²) in [5.74, 6) is -3.84. The van der Waals surface area contributed by atoms with E-state index in [4.69, 9.17) is 20.4 Å². The maximum Gasteiger partial charge on any atom is 0.324 e. The number of hydrogen-bond donors (Lipinski definition) is 6. The summed E-state index contributed by atoms with van der Waals surface area (Å²) in [4.78, 5) is 31.8. The molecule has 0 unspecified atom stereocenters. The first-order chi connectivity index (χ1) is 8.25. The highest BCUT2D eigenvalue weighted by Gasteiger charge is 2.25. The molecule has 9 heteroatoms. The van der Waals surface area contributed by atoms with Crippen LogP contribution in [0.25, 0.3) is 0 Å². The Morgan fingerprint density at radius 2 is 1.61 bits per heavy atom. The maximum atomic E-state index is 10.8. The van der Waals surface area contributed by atoms with Crippen molar-refractivity contribution in [2.24, 2.45) is 0 Å². The molecule has 0 aromatic carbocycles. The second kappa shape index (κ2) is 7.58. The van der Waals surface area contributed by atoms with Gasteiger partial charge in [0.2, 0.25) is 0 Å². The van der Waals surface area contributed by atoms with Crippen molar-refractivity contribution >= 4 is 17.9 Å². The van der Waals surface area contributed by atoms with Crippen molar-refractivity contribution in [2.75, 3.05) is 0 Å². The molecule has 104 valence electrons. The number of nitrogens with one attached hydrogen (secondary N) is 2. The molecule has 0 spiro atoms. The van der Waals surface area contributed by atoms with Gasteiger partial charge in [-0.15, -0.1) is 0 Å². The molecule has 0 fully saturated rings. The zero-order chi connectivity index (χ0) is 14.3. The minimum absolute atomic E-state index is 0.218. The summed E-state index contributed by atoms with van der Waals surface area (Å²) < 4.78 is 0. The molecule has 0 saturated carbocycles. The Balaban J connectivity index is 4.37. The highest BCUT2D eigenvalue weighted by Crippen LogP contribution is 1.98. The Labute approximate surface area is 102 Å². The lowest BCUT2D eigenvalue weighted by Crippen LogP contribution is -2.56. The van der Waals surface area contributed by atoms with E-state index in [-0.39, 0.29) is 12.8 Å². The van der Waals surface area contributed by atoms with Crippen LogP contribution in [0.2, 0.25) is 0 Å². The lowest BCUT2D eigenvalue weighted by molar-refractivity contribution is -0.145. The summed E-state index contributed by atoms with van der Waals surface area (Å²) in [5, 5.41) is 35.0. The van der Waals surface area contributed by atoms with E-state index in [2.05, 4.69) is 10.9 Å². The van der Waals surface area contributed by atoms with Crippen molar-refractivity contribution in [2.45, 2.75) is 38.0 Å². The van der Waals surface area contributed by atoms with Crippen molar-refractivity contribution in [3.8, 4) is 0 Å². The highest BCUT2D eigenvalue weighted by atomic mass is 16.4. The van der Waals surface area contributed by atoms with E-state index < -0.39 is 36.1 Å². The molecule has 0 rings (SSSR count). The van der Waals surface area contributed by atoms with Gasteiger partial charge in [0.15, 0.2) is 0 Å². The predicted molar refractivity (Wildman–Crippen MR) is 57.7 cm³/mol. The van der Waals surface area contributed by atoms with E-state index in [1.165, 1.54) is 6.92 Å². The number of rotatable bonds is 9. The van der Waals surface area contributed by atoms with Gasteiger partial charge in [0.1, 0.15) is 12.1 Å². The van der Waals surface area contributed by atoms with Gasteiger partial charge in [-0.1, -0.05) is 0 Å². The second-order valence-electron chi connectivity index (χ2n) is 3.67. The van der Waals surface area contributed by atoms with Crippen molar-refractivity contribution < 1.29 is 34.8 Å². The molecular formula is C9H16N2O7. The largest absolute Gasteiger partial charge is 0.481 e. The molecule has 0 saturated heterocycles. The van der Waals surface area contributed by atoms with Gasteiger partial charge in [-0.05, 0) is 13.3 Å². The summed E-state index contributed by atoms with van der Waals surface area (Å²) in [6, 6.07) is -2.65. The van der Waals surface area contributed by atoms with E-state index in [0.29, 0.717) is 0 Å². The minimum atomic E-state index is -1.39. The van der Waals surface area contributed by atoms with Gasteiger partial charge in [-0.2, -0.15) is 0 Å². The molecule has 9 nitrogen and oxygen atoms in total. The number of hydrazine groups is 1. The number of aliphatic carboxylic acids is 3. The first kappa shape index (κ1) is 16.3. The Morgan fingerprint density at radius 3 is 1.94 bits per heavy atom. The number of aliphatic hydroxyl groups excluding tert-OH is 1. The van der Waals surface area contributed by atoms with Gasteiger partial charge in [0.05, 0.1) is 6.10 Å². The van der Waals surface area contributed by atoms with Crippen LogP contribution < -0.4 is 10.9 Å². The van der Waals surface area contributed by atoms with Crippen molar-refractivity contribution in [3.05, 3.63) is 0 Å². The minimum Gasteiger partial charge on any atom is -0.481 e. The molecule has 0 radical (unpaired) electrons. The smallest absolute Gasteiger partial charge is 0.324 e. The van der Waals surface area contributed by atoms with Crippen LogP contribution in [0.4, 0.5) is 0 Å². The van der Waals surface area contributed by atoms with Crippen LogP contribution in [0.15, 0.2) is 0 Å². The number of carboxylic acids is 3. The highest BCUT2D eigenvalue weighted by molar-refractivity contribution is 5.76. The van der Waals surface area contributed by atoms with E-state index >= 15 is 0 Å². The van der Waals surface area contributed by atoms with Crippen molar-refractivity contribution in [1.29, 1.82) is 0 Å². The van der Waals surface area contributed by atoms with Crippen LogP contribution in [-0.2, 0) is 14.4 Å². The molecule has 0 aromatic rings. The van der Waals surface area contributed by atoms with Crippen LogP contribution in [0, 0.1) is 0 Å². The molecule has 0 aliphatic carbocycles. The average molecular weight is 264 g/mol. The van der Waals surface area contributed by atoms with Crippen LogP contribution in [0.5, 0.6) is 0 Å².